The zero-order valence-corrected chi connectivity index (χ0v) is 12.2. The van der Waals surface area contributed by atoms with Crippen LogP contribution in [0.4, 0.5) is 18.9 Å². The van der Waals surface area contributed by atoms with Gasteiger partial charge in [-0.1, -0.05) is 31.4 Å². The molecule has 0 heterocycles. The van der Waals surface area contributed by atoms with Crippen molar-refractivity contribution in [3.63, 3.8) is 0 Å². The molecule has 0 bridgehead atoms. The lowest BCUT2D eigenvalue weighted by atomic mass is 9.83. The number of nitrogens with one attached hydrogen (secondary N) is 1. The molecule has 1 fully saturated rings. The zero-order chi connectivity index (χ0) is 14.8. The predicted molar refractivity (Wildman–Crippen MR) is 76.1 cm³/mol. The van der Waals surface area contributed by atoms with Gasteiger partial charge >= 0.3 is 6.18 Å². The fourth-order valence-corrected chi connectivity index (χ4v) is 2.87. The van der Waals surface area contributed by atoms with E-state index >= 15 is 0 Å². The number of rotatable bonds is 3. The van der Waals surface area contributed by atoms with E-state index in [0.29, 0.717) is 11.6 Å². The van der Waals surface area contributed by atoms with E-state index < -0.39 is 11.7 Å². The molecular weight excluding hydrogens is 287 g/mol. The summed E-state index contributed by atoms with van der Waals surface area (Å²) in [6.45, 7) is 3.04. The lowest BCUT2D eigenvalue weighted by Gasteiger charge is -2.26. The number of hydrogen-bond donors (Lipinski definition) is 1. The second-order valence-electron chi connectivity index (χ2n) is 5.70. The van der Waals surface area contributed by atoms with Crippen LogP contribution in [-0.2, 0) is 6.18 Å². The third kappa shape index (κ3) is 4.05. The summed E-state index contributed by atoms with van der Waals surface area (Å²) in [5.41, 5.74) is -0.127. The van der Waals surface area contributed by atoms with Crippen LogP contribution >= 0.6 is 11.6 Å². The summed E-state index contributed by atoms with van der Waals surface area (Å²) in [6.07, 6.45) is 0.459. The second-order valence-corrected chi connectivity index (χ2v) is 6.11. The average Bonchev–Trinajstić information content (AvgIpc) is 2.38. The fraction of sp³-hybridized carbons (Fsp3) is 0.600. The van der Waals surface area contributed by atoms with Gasteiger partial charge in [0.15, 0.2) is 0 Å². The molecule has 1 N–H and O–H groups in total. The van der Waals surface area contributed by atoms with Crippen molar-refractivity contribution in [3.05, 3.63) is 28.8 Å². The van der Waals surface area contributed by atoms with E-state index in [1.54, 1.807) is 0 Å². The lowest BCUT2D eigenvalue weighted by molar-refractivity contribution is -0.137. The Morgan fingerprint density at radius 2 is 1.85 bits per heavy atom. The van der Waals surface area contributed by atoms with Crippen LogP contribution in [0.2, 0.25) is 5.02 Å². The van der Waals surface area contributed by atoms with Crippen LogP contribution in [0.3, 0.4) is 0 Å². The Balaban J connectivity index is 1.93. The van der Waals surface area contributed by atoms with Crippen LogP contribution in [0, 0.1) is 11.8 Å². The minimum Gasteiger partial charge on any atom is -0.384 e. The maximum Gasteiger partial charge on any atom is 0.416 e. The summed E-state index contributed by atoms with van der Waals surface area (Å²) in [6, 6.07) is 3.46. The Kier molecular flexibility index (Phi) is 4.84. The maximum absolute atomic E-state index is 12.5. The monoisotopic (exact) mass is 305 g/mol. The lowest BCUT2D eigenvalue weighted by Crippen LogP contribution is -2.20. The predicted octanol–water partition coefficient (Wildman–Crippen LogP) is 5.60. The minimum absolute atomic E-state index is 0.129. The topological polar surface area (TPSA) is 12.0 Å². The van der Waals surface area contributed by atoms with Crippen LogP contribution in [0.25, 0.3) is 0 Å². The van der Waals surface area contributed by atoms with E-state index in [0.717, 1.165) is 24.6 Å². The summed E-state index contributed by atoms with van der Waals surface area (Å²) in [7, 11) is 0. The summed E-state index contributed by atoms with van der Waals surface area (Å²) >= 11 is 5.91. The smallest absolute Gasteiger partial charge is 0.384 e. The highest BCUT2D eigenvalue weighted by atomic mass is 35.5. The molecule has 0 spiro atoms. The first-order valence-corrected chi connectivity index (χ1v) is 7.34. The molecule has 1 nitrogen and oxygen atoms in total. The van der Waals surface area contributed by atoms with Gasteiger partial charge in [0.05, 0.1) is 16.3 Å². The maximum atomic E-state index is 12.5. The normalized spacial score (nSPS) is 23.6. The molecule has 1 saturated carbocycles. The highest BCUT2D eigenvalue weighted by Crippen LogP contribution is 2.34. The van der Waals surface area contributed by atoms with Gasteiger partial charge in [-0.25, -0.2) is 0 Å². The molecule has 0 amide bonds. The van der Waals surface area contributed by atoms with Crippen molar-refractivity contribution >= 4 is 17.3 Å². The van der Waals surface area contributed by atoms with Gasteiger partial charge in [-0.3, -0.25) is 0 Å². The van der Waals surface area contributed by atoms with Crippen LogP contribution in [0.15, 0.2) is 18.2 Å². The average molecular weight is 306 g/mol. The van der Waals surface area contributed by atoms with Crippen molar-refractivity contribution in [2.24, 2.45) is 11.8 Å². The van der Waals surface area contributed by atoms with Gasteiger partial charge in [-0.2, -0.15) is 13.2 Å². The summed E-state index contributed by atoms with van der Waals surface area (Å²) in [4.78, 5) is 0. The number of alkyl halides is 3. The summed E-state index contributed by atoms with van der Waals surface area (Å²) < 4.78 is 37.6. The van der Waals surface area contributed by atoms with Crippen molar-refractivity contribution in [2.75, 3.05) is 11.9 Å². The standard InChI is InChI=1S/C15H19ClF3N/c1-10-2-4-11(5-3-10)9-20-14-7-6-12(8-13(14)16)15(17,18)19/h6-8,10-11,20H,2-5,9H2,1H3. The van der Waals surface area contributed by atoms with Crippen molar-refractivity contribution in [2.45, 2.75) is 38.8 Å². The SMILES string of the molecule is CC1CCC(CNc2ccc(C(F)(F)F)cc2Cl)CC1. The van der Waals surface area contributed by atoms with E-state index in [2.05, 4.69) is 12.2 Å². The Morgan fingerprint density at radius 3 is 2.40 bits per heavy atom. The largest absolute Gasteiger partial charge is 0.416 e. The number of hydrogen-bond acceptors (Lipinski definition) is 1. The van der Waals surface area contributed by atoms with E-state index in [4.69, 9.17) is 11.6 Å². The number of anilines is 1. The Morgan fingerprint density at radius 1 is 1.20 bits per heavy atom. The Labute approximate surface area is 122 Å². The van der Waals surface area contributed by atoms with E-state index in [9.17, 15) is 13.2 Å². The highest BCUT2D eigenvalue weighted by molar-refractivity contribution is 6.33. The Bertz CT molecular complexity index is 451. The van der Waals surface area contributed by atoms with E-state index in [1.165, 1.54) is 31.7 Å². The molecule has 1 aromatic rings. The Hall–Kier alpha value is -0.900. The van der Waals surface area contributed by atoms with Crippen molar-refractivity contribution in [1.29, 1.82) is 0 Å². The van der Waals surface area contributed by atoms with Crippen molar-refractivity contribution in [1.82, 2.24) is 0 Å². The molecule has 0 atom stereocenters. The van der Waals surface area contributed by atoms with E-state index in [-0.39, 0.29) is 5.02 Å². The molecule has 0 radical (unpaired) electrons. The first-order valence-electron chi connectivity index (χ1n) is 6.97. The first-order chi connectivity index (χ1) is 9.36. The first kappa shape index (κ1) is 15.5. The molecule has 0 aromatic heterocycles. The second kappa shape index (κ2) is 6.25. The quantitative estimate of drug-likeness (QED) is 0.766. The molecule has 20 heavy (non-hydrogen) atoms. The number of benzene rings is 1. The molecule has 1 aliphatic rings. The molecule has 1 aliphatic carbocycles. The molecule has 0 unspecified atom stereocenters. The molecule has 5 heteroatoms. The zero-order valence-electron chi connectivity index (χ0n) is 11.4. The van der Waals surface area contributed by atoms with Gasteiger partial charge in [0.2, 0.25) is 0 Å². The van der Waals surface area contributed by atoms with Crippen molar-refractivity contribution < 1.29 is 13.2 Å². The van der Waals surface area contributed by atoms with Gasteiger partial charge in [0.1, 0.15) is 0 Å². The minimum atomic E-state index is -4.35. The summed E-state index contributed by atoms with van der Waals surface area (Å²) in [5.74, 6) is 1.38. The number of halogens is 4. The molecule has 2 rings (SSSR count). The fourth-order valence-electron chi connectivity index (χ4n) is 2.62. The molecule has 1 aromatic carbocycles. The van der Waals surface area contributed by atoms with Crippen LogP contribution in [0.5, 0.6) is 0 Å². The van der Waals surface area contributed by atoms with Gasteiger partial charge in [-0.15, -0.1) is 0 Å². The molecule has 0 saturated heterocycles. The van der Waals surface area contributed by atoms with Gasteiger partial charge in [-0.05, 0) is 42.9 Å². The van der Waals surface area contributed by atoms with Crippen LogP contribution in [0.1, 0.15) is 38.2 Å². The van der Waals surface area contributed by atoms with Crippen LogP contribution in [-0.4, -0.2) is 6.54 Å². The molecule has 112 valence electrons. The van der Waals surface area contributed by atoms with Gasteiger partial charge in [0.25, 0.3) is 0 Å². The molecular formula is C15H19ClF3N. The highest BCUT2D eigenvalue weighted by Gasteiger charge is 2.30. The van der Waals surface area contributed by atoms with Gasteiger partial charge in [0, 0.05) is 6.54 Å². The van der Waals surface area contributed by atoms with Crippen LogP contribution < -0.4 is 5.32 Å². The third-order valence-electron chi connectivity index (χ3n) is 4.01. The molecule has 0 aliphatic heterocycles. The van der Waals surface area contributed by atoms with Gasteiger partial charge < -0.3 is 5.32 Å². The third-order valence-corrected chi connectivity index (χ3v) is 4.33. The van der Waals surface area contributed by atoms with Crippen molar-refractivity contribution in [3.8, 4) is 0 Å². The summed E-state index contributed by atoms with van der Waals surface area (Å²) in [5, 5.41) is 3.31. The van der Waals surface area contributed by atoms with E-state index in [1.807, 2.05) is 0 Å².